The first kappa shape index (κ1) is 15.8. The average Bonchev–Trinajstić information content (AvgIpc) is 3.03. The van der Waals surface area contributed by atoms with Crippen LogP contribution in [0.15, 0.2) is 46.0 Å². The molecular formula is C17H12N2O4S. The number of hydrogen-bond donors (Lipinski definition) is 1. The van der Waals surface area contributed by atoms with Gasteiger partial charge in [-0.2, -0.15) is 0 Å². The van der Waals surface area contributed by atoms with E-state index in [2.05, 4.69) is 11.8 Å². The Morgan fingerprint density at radius 2 is 1.96 bits per heavy atom. The summed E-state index contributed by atoms with van der Waals surface area (Å²) in [7, 11) is 1.51. The number of nitrogens with zero attached hydrogens (tertiary/aromatic N) is 2. The molecule has 0 spiro atoms. The van der Waals surface area contributed by atoms with Crippen LogP contribution in [0.4, 0.5) is 0 Å². The molecule has 0 bridgehead atoms. The first-order valence-corrected chi connectivity index (χ1v) is 7.81. The molecule has 0 saturated heterocycles. The van der Waals surface area contributed by atoms with Gasteiger partial charge in [0.1, 0.15) is 9.71 Å². The first-order chi connectivity index (χ1) is 11.5. The number of aryl methyl sites for hydroxylation is 1. The van der Waals surface area contributed by atoms with Gasteiger partial charge >= 0.3 is 11.7 Å². The van der Waals surface area contributed by atoms with Crippen molar-refractivity contribution >= 4 is 27.5 Å². The van der Waals surface area contributed by atoms with Crippen molar-refractivity contribution in [3.05, 3.63) is 67.7 Å². The molecule has 0 aliphatic carbocycles. The molecule has 0 amide bonds. The third-order valence-corrected chi connectivity index (χ3v) is 4.66. The van der Waals surface area contributed by atoms with E-state index in [1.54, 1.807) is 0 Å². The number of aromatic nitrogens is 2. The van der Waals surface area contributed by atoms with Gasteiger partial charge < -0.3 is 5.11 Å². The number of hydrogen-bond acceptors (Lipinski definition) is 4. The molecule has 0 aliphatic rings. The molecule has 0 radical (unpaired) electrons. The number of carboxylic acids is 1. The van der Waals surface area contributed by atoms with Crippen molar-refractivity contribution in [2.45, 2.75) is 6.54 Å². The van der Waals surface area contributed by atoms with Gasteiger partial charge in [0.05, 0.1) is 11.9 Å². The van der Waals surface area contributed by atoms with Gasteiger partial charge in [-0.25, -0.2) is 14.2 Å². The van der Waals surface area contributed by atoms with Crippen LogP contribution in [0.25, 0.3) is 10.2 Å². The third-order valence-electron chi connectivity index (χ3n) is 3.46. The lowest BCUT2D eigenvalue weighted by Gasteiger charge is -2.04. The summed E-state index contributed by atoms with van der Waals surface area (Å²) in [5.74, 6) is 4.57. The number of thiophene rings is 1. The zero-order valence-corrected chi connectivity index (χ0v) is 13.5. The van der Waals surface area contributed by atoms with Crippen molar-refractivity contribution in [3.63, 3.8) is 0 Å². The van der Waals surface area contributed by atoms with Crippen molar-refractivity contribution in [1.82, 2.24) is 9.13 Å². The van der Waals surface area contributed by atoms with Crippen molar-refractivity contribution in [2.24, 2.45) is 7.05 Å². The van der Waals surface area contributed by atoms with Gasteiger partial charge in [0.15, 0.2) is 0 Å². The maximum absolute atomic E-state index is 12.5. The van der Waals surface area contributed by atoms with Gasteiger partial charge in [0, 0.05) is 12.6 Å². The van der Waals surface area contributed by atoms with Gasteiger partial charge in [-0.1, -0.05) is 30.0 Å². The molecule has 0 atom stereocenters. The van der Waals surface area contributed by atoms with Crippen LogP contribution in [0.1, 0.15) is 15.2 Å². The van der Waals surface area contributed by atoms with E-state index >= 15 is 0 Å². The molecule has 2 heterocycles. The number of rotatable bonds is 2. The topological polar surface area (TPSA) is 81.3 Å². The summed E-state index contributed by atoms with van der Waals surface area (Å²) in [4.78, 5) is 36.3. The Hall–Kier alpha value is -3.11. The number of benzene rings is 1. The largest absolute Gasteiger partial charge is 0.477 e. The Balaban J connectivity index is 2.09. The molecule has 3 rings (SSSR count). The summed E-state index contributed by atoms with van der Waals surface area (Å²) in [6, 6.07) is 10.5. The number of carboxylic acid groups (broad SMARTS) is 1. The summed E-state index contributed by atoms with van der Waals surface area (Å²) < 4.78 is 2.29. The molecule has 120 valence electrons. The monoisotopic (exact) mass is 340 g/mol. The van der Waals surface area contributed by atoms with E-state index in [9.17, 15) is 14.4 Å². The van der Waals surface area contributed by atoms with Crippen LogP contribution in [0.2, 0.25) is 0 Å². The van der Waals surface area contributed by atoms with Crippen molar-refractivity contribution in [1.29, 1.82) is 0 Å². The minimum Gasteiger partial charge on any atom is -0.477 e. The standard InChI is InChI=1S/C17H12N2O4S/c1-18-15-12(10-13(24-15)16(21)22)14(20)19(17(18)23)9-5-8-11-6-3-2-4-7-11/h2-4,6-7,10H,9H2,1H3,(H,21,22). The average molecular weight is 340 g/mol. The second-order valence-corrected chi connectivity index (χ2v) is 6.07. The van der Waals surface area contributed by atoms with E-state index in [0.717, 1.165) is 21.5 Å². The van der Waals surface area contributed by atoms with Crippen LogP contribution in [0, 0.1) is 11.8 Å². The predicted octanol–water partition coefficient (Wildman–Crippen LogP) is 1.51. The predicted molar refractivity (Wildman–Crippen MR) is 91.6 cm³/mol. The summed E-state index contributed by atoms with van der Waals surface area (Å²) in [6.07, 6.45) is 0. The van der Waals surface area contributed by atoms with Gasteiger partial charge in [0.25, 0.3) is 5.56 Å². The van der Waals surface area contributed by atoms with E-state index in [4.69, 9.17) is 5.11 Å². The summed E-state index contributed by atoms with van der Waals surface area (Å²) >= 11 is 0.904. The van der Waals surface area contributed by atoms with E-state index in [-0.39, 0.29) is 16.8 Å². The molecule has 2 aromatic heterocycles. The smallest absolute Gasteiger partial charge is 0.345 e. The first-order valence-electron chi connectivity index (χ1n) is 6.99. The highest BCUT2D eigenvalue weighted by Gasteiger charge is 2.16. The molecule has 6 nitrogen and oxygen atoms in total. The summed E-state index contributed by atoms with van der Waals surface area (Å²) in [6.45, 7) is -0.0609. The Morgan fingerprint density at radius 1 is 1.25 bits per heavy atom. The number of carbonyl (C=O) groups is 1. The fraction of sp³-hybridized carbons (Fsp3) is 0.118. The highest BCUT2D eigenvalue weighted by molar-refractivity contribution is 7.20. The van der Waals surface area contributed by atoms with Crippen molar-refractivity contribution < 1.29 is 9.90 Å². The van der Waals surface area contributed by atoms with E-state index in [0.29, 0.717) is 4.83 Å². The van der Waals surface area contributed by atoms with Crippen molar-refractivity contribution in [2.75, 3.05) is 0 Å². The molecule has 3 aromatic rings. The lowest BCUT2D eigenvalue weighted by Crippen LogP contribution is -2.38. The molecule has 24 heavy (non-hydrogen) atoms. The van der Waals surface area contributed by atoms with Crippen LogP contribution in [0.3, 0.4) is 0 Å². The van der Waals surface area contributed by atoms with Crippen LogP contribution < -0.4 is 11.2 Å². The van der Waals surface area contributed by atoms with Gasteiger partial charge in [-0.05, 0) is 18.2 Å². The number of fused-ring (bicyclic) bond motifs is 1. The highest BCUT2D eigenvalue weighted by atomic mass is 32.1. The Morgan fingerprint density at radius 3 is 2.62 bits per heavy atom. The van der Waals surface area contributed by atoms with Crippen LogP contribution in [-0.2, 0) is 13.6 Å². The lowest BCUT2D eigenvalue weighted by atomic mass is 10.2. The van der Waals surface area contributed by atoms with Crippen LogP contribution >= 0.6 is 11.3 Å². The van der Waals surface area contributed by atoms with Gasteiger partial charge in [0.2, 0.25) is 0 Å². The minimum atomic E-state index is -1.13. The maximum atomic E-state index is 12.5. The zero-order valence-electron chi connectivity index (χ0n) is 12.6. The molecule has 0 fully saturated rings. The molecule has 0 unspecified atom stereocenters. The van der Waals surface area contributed by atoms with Crippen LogP contribution in [0.5, 0.6) is 0 Å². The Labute approximate surface area is 140 Å². The molecule has 0 saturated carbocycles. The van der Waals surface area contributed by atoms with Gasteiger partial charge in [-0.3, -0.25) is 9.36 Å². The fourth-order valence-electron chi connectivity index (χ4n) is 2.27. The zero-order chi connectivity index (χ0) is 17.3. The summed E-state index contributed by atoms with van der Waals surface area (Å²) in [5, 5.41) is 9.27. The SMILES string of the molecule is Cn1c(=O)n(CC#Cc2ccccc2)c(=O)c2cc(C(=O)O)sc21. The quantitative estimate of drug-likeness (QED) is 0.717. The molecule has 1 aromatic carbocycles. The molecular weight excluding hydrogens is 328 g/mol. The lowest BCUT2D eigenvalue weighted by molar-refractivity contribution is 0.0702. The fourth-order valence-corrected chi connectivity index (χ4v) is 3.21. The Kier molecular flexibility index (Phi) is 4.06. The highest BCUT2D eigenvalue weighted by Crippen LogP contribution is 2.21. The Bertz CT molecular complexity index is 1110. The van der Waals surface area contributed by atoms with E-state index in [1.165, 1.54) is 17.7 Å². The second kappa shape index (κ2) is 6.18. The van der Waals surface area contributed by atoms with E-state index in [1.807, 2.05) is 30.3 Å². The van der Waals surface area contributed by atoms with Gasteiger partial charge in [-0.15, -0.1) is 11.3 Å². The normalized spacial score (nSPS) is 10.4. The minimum absolute atomic E-state index is 0.0187. The van der Waals surface area contributed by atoms with Crippen molar-refractivity contribution in [3.8, 4) is 11.8 Å². The molecule has 7 heteroatoms. The molecule has 1 N–H and O–H groups in total. The van der Waals surface area contributed by atoms with Crippen LogP contribution in [-0.4, -0.2) is 20.2 Å². The second-order valence-electron chi connectivity index (χ2n) is 5.04. The third kappa shape index (κ3) is 2.75. The summed E-state index contributed by atoms with van der Waals surface area (Å²) in [5.41, 5.74) is -0.264. The van der Waals surface area contributed by atoms with E-state index < -0.39 is 17.2 Å². The maximum Gasteiger partial charge on any atom is 0.345 e. The number of aromatic carboxylic acids is 1. The molecule has 0 aliphatic heterocycles.